The van der Waals surface area contributed by atoms with Crippen molar-refractivity contribution < 1.29 is 14.6 Å². The summed E-state index contributed by atoms with van der Waals surface area (Å²) < 4.78 is 5.45. The third-order valence-electron chi connectivity index (χ3n) is 4.74. The molecule has 2 heterocycles. The van der Waals surface area contributed by atoms with Gasteiger partial charge in [-0.25, -0.2) is 14.8 Å². The Morgan fingerprint density at radius 2 is 1.92 bits per heavy atom. The molecule has 140 valence electrons. The smallest absolute Gasteiger partial charge is 0.410 e. The number of carbonyl (C=O) groups is 1. The topological polar surface area (TPSA) is 75.6 Å². The first-order valence-corrected chi connectivity index (χ1v) is 9.08. The van der Waals surface area contributed by atoms with E-state index in [0.29, 0.717) is 25.3 Å². The van der Waals surface area contributed by atoms with E-state index in [-0.39, 0.29) is 12.0 Å². The molecular weight excluding hydrogens is 318 g/mol. The van der Waals surface area contributed by atoms with Gasteiger partial charge in [0.2, 0.25) is 0 Å². The van der Waals surface area contributed by atoms with Crippen molar-refractivity contribution in [3.05, 3.63) is 23.3 Å². The highest BCUT2D eigenvalue weighted by Crippen LogP contribution is 2.35. The zero-order valence-electron chi connectivity index (χ0n) is 16.3. The minimum atomic E-state index is -0.939. The fraction of sp³-hybridized carbons (Fsp3) is 0.737. The van der Waals surface area contributed by atoms with Crippen molar-refractivity contribution in [1.29, 1.82) is 0 Å². The minimum Gasteiger partial charge on any atom is -0.444 e. The van der Waals surface area contributed by atoms with Gasteiger partial charge in [0, 0.05) is 30.8 Å². The van der Waals surface area contributed by atoms with Crippen molar-refractivity contribution in [2.45, 2.75) is 77.9 Å². The van der Waals surface area contributed by atoms with Crippen LogP contribution < -0.4 is 0 Å². The molecule has 1 aliphatic rings. The van der Waals surface area contributed by atoms with Gasteiger partial charge in [-0.15, -0.1) is 0 Å². The number of piperidine rings is 1. The summed E-state index contributed by atoms with van der Waals surface area (Å²) in [6, 6.07) is 0. The summed E-state index contributed by atoms with van der Waals surface area (Å²) in [6.07, 6.45) is 3.71. The predicted octanol–water partition coefficient (Wildman–Crippen LogP) is 3.52. The van der Waals surface area contributed by atoms with Gasteiger partial charge in [0.05, 0.1) is 11.3 Å². The Hall–Kier alpha value is -1.69. The van der Waals surface area contributed by atoms with E-state index >= 15 is 0 Å². The lowest BCUT2D eigenvalue weighted by molar-refractivity contribution is 0.0198. The molecule has 0 aliphatic carbocycles. The summed E-state index contributed by atoms with van der Waals surface area (Å²) in [6.45, 7) is 12.5. The van der Waals surface area contributed by atoms with E-state index in [1.54, 1.807) is 18.0 Å². The van der Waals surface area contributed by atoms with E-state index in [4.69, 9.17) is 4.74 Å². The SMILES string of the molecule is CCC(C)(O)c1cnc(C)nc1C1CCN(C(=O)OC(C)(C)C)CC1. The summed E-state index contributed by atoms with van der Waals surface area (Å²) in [5.74, 6) is 0.925. The highest BCUT2D eigenvalue weighted by atomic mass is 16.6. The molecule has 1 fully saturated rings. The Morgan fingerprint density at radius 1 is 1.32 bits per heavy atom. The van der Waals surface area contributed by atoms with Crippen LogP contribution in [0.3, 0.4) is 0 Å². The second kappa shape index (κ2) is 7.28. The summed E-state index contributed by atoms with van der Waals surface area (Å²) >= 11 is 0. The van der Waals surface area contributed by atoms with Crippen molar-refractivity contribution in [3.63, 3.8) is 0 Å². The van der Waals surface area contributed by atoms with Gasteiger partial charge in [-0.05, 0) is 53.9 Å². The molecule has 1 amide bonds. The molecule has 0 spiro atoms. The quantitative estimate of drug-likeness (QED) is 0.903. The van der Waals surface area contributed by atoms with Gasteiger partial charge < -0.3 is 14.7 Å². The molecule has 6 heteroatoms. The van der Waals surface area contributed by atoms with Crippen LogP contribution in [0.25, 0.3) is 0 Å². The maximum Gasteiger partial charge on any atom is 0.410 e. The predicted molar refractivity (Wildman–Crippen MR) is 96.4 cm³/mol. The molecule has 1 unspecified atom stereocenters. The number of aromatic nitrogens is 2. The molecule has 1 aromatic heterocycles. The normalized spacial score (nSPS) is 18.8. The van der Waals surface area contributed by atoms with Crippen LogP contribution in [0.15, 0.2) is 6.20 Å². The monoisotopic (exact) mass is 349 g/mol. The van der Waals surface area contributed by atoms with Gasteiger partial charge >= 0.3 is 6.09 Å². The first-order valence-electron chi connectivity index (χ1n) is 9.08. The van der Waals surface area contributed by atoms with E-state index in [2.05, 4.69) is 9.97 Å². The number of hydrogen-bond donors (Lipinski definition) is 1. The van der Waals surface area contributed by atoms with E-state index in [1.807, 2.05) is 34.6 Å². The van der Waals surface area contributed by atoms with Crippen molar-refractivity contribution in [1.82, 2.24) is 14.9 Å². The van der Waals surface area contributed by atoms with Crippen LogP contribution in [0.5, 0.6) is 0 Å². The van der Waals surface area contributed by atoms with Gasteiger partial charge in [-0.2, -0.15) is 0 Å². The zero-order chi connectivity index (χ0) is 18.8. The number of aryl methyl sites for hydroxylation is 1. The number of ether oxygens (including phenoxy) is 1. The highest BCUT2D eigenvalue weighted by molar-refractivity contribution is 5.68. The van der Waals surface area contributed by atoms with Crippen molar-refractivity contribution >= 4 is 6.09 Å². The second-order valence-corrected chi connectivity index (χ2v) is 8.09. The van der Waals surface area contributed by atoms with Gasteiger partial charge in [0.15, 0.2) is 0 Å². The van der Waals surface area contributed by atoms with Gasteiger partial charge in [-0.1, -0.05) is 6.92 Å². The number of aliphatic hydroxyl groups is 1. The molecule has 1 aromatic rings. The summed E-state index contributed by atoms with van der Waals surface area (Å²) in [4.78, 5) is 22.9. The van der Waals surface area contributed by atoms with Gasteiger partial charge in [0.1, 0.15) is 11.4 Å². The molecule has 1 saturated heterocycles. The van der Waals surface area contributed by atoms with E-state index in [0.717, 1.165) is 24.1 Å². The number of amides is 1. The van der Waals surface area contributed by atoms with Crippen molar-refractivity contribution in [2.75, 3.05) is 13.1 Å². The van der Waals surface area contributed by atoms with Crippen LogP contribution >= 0.6 is 0 Å². The van der Waals surface area contributed by atoms with Crippen LogP contribution in [0.4, 0.5) is 4.79 Å². The van der Waals surface area contributed by atoms with Crippen LogP contribution in [0, 0.1) is 6.92 Å². The highest BCUT2D eigenvalue weighted by Gasteiger charge is 2.33. The van der Waals surface area contributed by atoms with Crippen molar-refractivity contribution in [2.24, 2.45) is 0 Å². The Balaban J connectivity index is 2.13. The molecule has 2 rings (SSSR count). The average molecular weight is 349 g/mol. The van der Waals surface area contributed by atoms with Crippen molar-refractivity contribution in [3.8, 4) is 0 Å². The van der Waals surface area contributed by atoms with Crippen LogP contribution in [0.2, 0.25) is 0 Å². The first kappa shape index (κ1) is 19.6. The standard InChI is InChI=1S/C19H31N3O3/c1-7-19(6,24)15-12-20-13(2)21-16(15)14-8-10-22(11-9-14)17(23)25-18(3,4)5/h12,14,24H,7-11H2,1-6H3. The largest absolute Gasteiger partial charge is 0.444 e. The lowest BCUT2D eigenvalue weighted by Gasteiger charge is -2.35. The summed E-state index contributed by atoms with van der Waals surface area (Å²) in [5.41, 5.74) is 0.301. The molecule has 6 nitrogen and oxygen atoms in total. The third-order valence-corrected chi connectivity index (χ3v) is 4.74. The maximum absolute atomic E-state index is 12.2. The van der Waals surface area contributed by atoms with Gasteiger partial charge in [0.25, 0.3) is 0 Å². The molecule has 0 aromatic carbocycles. The minimum absolute atomic E-state index is 0.216. The lowest BCUT2D eigenvalue weighted by Crippen LogP contribution is -2.41. The Bertz CT molecular complexity index is 615. The molecule has 0 saturated carbocycles. The first-order chi connectivity index (χ1) is 11.5. The molecular formula is C19H31N3O3. The van der Waals surface area contributed by atoms with Crippen LogP contribution in [-0.2, 0) is 10.3 Å². The zero-order valence-corrected chi connectivity index (χ0v) is 16.3. The Labute approximate surface area is 150 Å². The third kappa shape index (κ3) is 4.91. The maximum atomic E-state index is 12.2. The molecule has 1 N–H and O–H groups in total. The number of carbonyl (C=O) groups excluding carboxylic acids is 1. The summed E-state index contributed by atoms with van der Waals surface area (Å²) in [7, 11) is 0. The van der Waals surface area contributed by atoms with Crippen LogP contribution in [0.1, 0.15) is 76.9 Å². The molecule has 1 atom stereocenters. The fourth-order valence-corrected chi connectivity index (χ4v) is 3.07. The number of nitrogens with zero attached hydrogens (tertiary/aromatic N) is 3. The average Bonchev–Trinajstić information content (AvgIpc) is 2.53. The second-order valence-electron chi connectivity index (χ2n) is 8.09. The number of rotatable bonds is 3. The Morgan fingerprint density at radius 3 is 2.44 bits per heavy atom. The number of likely N-dealkylation sites (tertiary alicyclic amines) is 1. The molecule has 25 heavy (non-hydrogen) atoms. The van der Waals surface area contributed by atoms with E-state index < -0.39 is 11.2 Å². The lowest BCUT2D eigenvalue weighted by atomic mass is 9.84. The Kier molecular flexibility index (Phi) is 5.72. The van der Waals surface area contributed by atoms with Crippen LogP contribution in [-0.4, -0.2) is 44.8 Å². The molecule has 1 aliphatic heterocycles. The molecule has 0 bridgehead atoms. The molecule has 0 radical (unpaired) electrons. The number of hydrogen-bond acceptors (Lipinski definition) is 5. The summed E-state index contributed by atoms with van der Waals surface area (Å²) in [5, 5.41) is 10.7. The van der Waals surface area contributed by atoms with E-state index in [9.17, 15) is 9.90 Å². The fourth-order valence-electron chi connectivity index (χ4n) is 3.07. The van der Waals surface area contributed by atoms with Gasteiger partial charge in [-0.3, -0.25) is 0 Å². The van der Waals surface area contributed by atoms with E-state index in [1.165, 1.54) is 0 Å².